The predicted molar refractivity (Wildman–Crippen MR) is 90.3 cm³/mol. The van der Waals surface area contributed by atoms with Gasteiger partial charge in [0.15, 0.2) is 0 Å². The van der Waals surface area contributed by atoms with E-state index in [9.17, 15) is 13.6 Å². The summed E-state index contributed by atoms with van der Waals surface area (Å²) in [6.45, 7) is 1.82. The number of hydrogen-bond acceptors (Lipinski definition) is 4. The molecule has 26 heavy (non-hydrogen) atoms. The van der Waals surface area contributed by atoms with Gasteiger partial charge in [-0.25, -0.2) is 13.8 Å². The Kier molecular flexibility index (Phi) is 4.97. The van der Waals surface area contributed by atoms with Crippen LogP contribution in [0.4, 0.5) is 8.78 Å². The second-order valence-corrected chi connectivity index (χ2v) is 5.76. The van der Waals surface area contributed by atoms with Gasteiger partial charge in [-0.1, -0.05) is 12.1 Å². The molecule has 1 aromatic heterocycles. The number of hydrogen-bond donors (Lipinski definition) is 1. The van der Waals surface area contributed by atoms with Gasteiger partial charge in [0.1, 0.15) is 35.4 Å². The number of nitrogens with zero attached hydrogens (tertiary/aromatic N) is 1. The number of ether oxygens (including phenoxy) is 1. The van der Waals surface area contributed by atoms with Gasteiger partial charge in [-0.15, -0.1) is 0 Å². The van der Waals surface area contributed by atoms with Gasteiger partial charge in [0.05, 0.1) is 6.42 Å². The second-order valence-electron chi connectivity index (χ2n) is 5.76. The van der Waals surface area contributed by atoms with Crippen LogP contribution in [0, 0.1) is 18.6 Å². The Hall–Kier alpha value is -3.22. The van der Waals surface area contributed by atoms with Crippen molar-refractivity contribution in [3.63, 3.8) is 0 Å². The second kappa shape index (κ2) is 7.35. The lowest BCUT2D eigenvalue weighted by molar-refractivity contribution is -0.117. The van der Waals surface area contributed by atoms with Crippen LogP contribution in [0.3, 0.4) is 0 Å². The number of aryl methyl sites for hydroxylation is 1. The average molecular weight is 358 g/mol. The van der Waals surface area contributed by atoms with Gasteiger partial charge in [0, 0.05) is 11.6 Å². The quantitative estimate of drug-likeness (QED) is 0.731. The normalized spacial score (nSPS) is 10.7. The molecule has 3 rings (SSSR count). The van der Waals surface area contributed by atoms with Crippen molar-refractivity contribution >= 4 is 5.91 Å². The number of carbonyl (C=O) groups is 1. The van der Waals surface area contributed by atoms with Crippen molar-refractivity contribution in [1.82, 2.24) is 4.98 Å². The molecular formula is C19H16F2N2O3. The molecule has 0 saturated heterocycles. The monoisotopic (exact) mass is 358 g/mol. The van der Waals surface area contributed by atoms with Gasteiger partial charge in [-0.05, 0) is 36.8 Å². The van der Waals surface area contributed by atoms with Crippen LogP contribution in [-0.4, -0.2) is 10.9 Å². The van der Waals surface area contributed by atoms with Gasteiger partial charge in [0.2, 0.25) is 11.8 Å². The van der Waals surface area contributed by atoms with E-state index in [1.54, 1.807) is 31.2 Å². The van der Waals surface area contributed by atoms with Crippen molar-refractivity contribution in [2.45, 2.75) is 20.0 Å². The third kappa shape index (κ3) is 4.24. The van der Waals surface area contributed by atoms with Crippen LogP contribution in [-0.2, 0) is 17.8 Å². The van der Waals surface area contributed by atoms with Gasteiger partial charge < -0.3 is 14.9 Å². The molecule has 0 unspecified atom stereocenters. The number of rotatable bonds is 6. The first kappa shape index (κ1) is 17.6. The smallest absolute Gasteiger partial charge is 0.226 e. The molecular weight excluding hydrogens is 342 g/mol. The van der Waals surface area contributed by atoms with E-state index in [2.05, 4.69) is 4.98 Å². The Labute approximate surface area is 148 Å². The first-order chi connectivity index (χ1) is 12.4. The fourth-order valence-corrected chi connectivity index (χ4v) is 2.42. The SMILES string of the molecule is Cc1oc(-c2cc(F)cc(F)c2)nc1COc1ccc(CC(N)=O)cc1. The van der Waals surface area contributed by atoms with Gasteiger partial charge in [-0.2, -0.15) is 0 Å². The minimum absolute atomic E-state index is 0.122. The molecule has 0 spiro atoms. The maximum atomic E-state index is 13.3. The molecule has 0 aliphatic rings. The highest BCUT2D eigenvalue weighted by molar-refractivity contribution is 5.76. The van der Waals surface area contributed by atoms with Crippen LogP contribution in [0.25, 0.3) is 11.5 Å². The standard InChI is InChI=1S/C19H16F2N2O3/c1-11-17(10-25-16-4-2-12(3-5-16)6-18(22)24)23-19(26-11)13-7-14(20)9-15(21)8-13/h2-5,7-9H,6,10H2,1H3,(H2,22,24). The van der Waals surface area contributed by atoms with Crippen LogP contribution in [0.15, 0.2) is 46.9 Å². The number of nitrogens with two attached hydrogens (primary N) is 1. The van der Waals surface area contributed by atoms with Gasteiger partial charge >= 0.3 is 0 Å². The van der Waals surface area contributed by atoms with Crippen molar-refractivity contribution in [3.8, 4) is 17.2 Å². The van der Waals surface area contributed by atoms with E-state index < -0.39 is 17.5 Å². The number of carbonyl (C=O) groups excluding carboxylic acids is 1. The van der Waals surface area contributed by atoms with Crippen LogP contribution in [0.1, 0.15) is 17.0 Å². The molecule has 0 bridgehead atoms. The largest absolute Gasteiger partial charge is 0.487 e. The first-order valence-electron chi connectivity index (χ1n) is 7.83. The van der Waals surface area contributed by atoms with E-state index >= 15 is 0 Å². The first-order valence-corrected chi connectivity index (χ1v) is 7.83. The van der Waals surface area contributed by atoms with Gasteiger partial charge in [-0.3, -0.25) is 4.79 Å². The number of amides is 1. The Bertz CT molecular complexity index is 916. The average Bonchev–Trinajstić information content (AvgIpc) is 2.94. The summed E-state index contributed by atoms with van der Waals surface area (Å²) in [4.78, 5) is 15.1. The van der Waals surface area contributed by atoms with E-state index in [1.165, 1.54) is 0 Å². The maximum Gasteiger partial charge on any atom is 0.226 e. The molecule has 2 aromatic carbocycles. The summed E-state index contributed by atoms with van der Waals surface area (Å²) < 4.78 is 37.8. The molecule has 3 aromatic rings. The molecule has 0 atom stereocenters. The van der Waals surface area contributed by atoms with Crippen molar-refractivity contribution in [2.75, 3.05) is 0 Å². The summed E-state index contributed by atoms with van der Waals surface area (Å²) in [5.41, 5.74) is 6.67. The third-order valence-corrected chi connectivity index (χ3v) is 3.68. The molecule has 134 valence electrons. The fourth-order valence-electron chi connectivity index (χ4n) is 2.42. The van der Waals surface area contributed by atoms with E-state index in [1.807, 2.05) is 0 Å². The zero-order valence-electron chi connectivity index (χ0n) is 14.0. The maximum absolute atomic E-state index is 13.3. The number of benzene rings is 2. The Morgan fingerprint density at radius 3 is 2.42 bits per heavy atom. The van der Waals surface area contributed by atoms with Crippen LogP contribution in [0.5, 0.6) is 5.75 Å². The van der Waals surface area contributed by atoms with Crippen LogP contribution < -0.4 is 10.5 Å². The van der Waals surface area contributed by atoms with Crippen LogP contribution >= 0.6 is 0 Å². The van der Waals surface area contributed by atoms with E-state index in [0.29, 0.717) is 17.2 Å². The third-order valence-electron chi connectivity index (χ3n) is 3.68. The lowest BCUT2D eigenvalue weighted by atomic mass is 10.1. The number of oxazole rings is 1. The van der Waals surface area contributed by atoms with Crippen LogP contribution in [0.2, 0.25) is 0 Å². The highest BCUT2D eigenvalue weighted by atomic mass is 19.1. The molecule has 0 radical (unpaired) electrons. The molecule has 0 aliphatic heterocycles. The number of aromatic nitrogens is 1. The van der Waals surface area contributed by atoms with E-state index in [0.717, 1.165) is 23.8 Å². The Balaban J connectivity index is 1.71. The number of halogens is 2. The van der Waals surface area contributed by atoms with Crippen molar-refractivity contribution in [3.05, 3.63) is 71.1 Å². The number of primary amides is 1. The topological polar surface area (TPSA) is 78.3 Å². The summed E-state index contributed by atoms with van der Waals surface area (Å²) in [6, 6.07) is 10.0. The summed E-state index contributed by atoms with van der Waals surface area (Å²) in [5, 5.41) is 0. The fraction of sp³-hybridized carbons (Fsp3) is 0.158. The molecule has 0 saturated carbocycles. The zero-order chi connectivity index (χ0) is 18.7. The molecule has 1 amide bonds. The Morgan fingerprint density at radius 2 is 1.81 bits per heavy atom. The summed E-state index contributed by atoms with van der Waals surface area (Å²) in [7, 11) is 0. The predicted octanol–water partition coefficient (Wildman–Crippen LogP) is 3.54. The minimum Gasteiger partial charge on any atom is -0.487 e. The van der Waals surface area contributed by atoms with E-state index in [4.69, 9.17) is 14.9 Å². The summed E-state index contributed by atoms with van der Waals surface area (Å²) in [5.74, 6) is -0.613. The molecule has 5 nitrogen and oxygen atoms in total. The Morgan fingerprint density at radius 1 is 1.15 bits per heavy atom. The molecule has 0 fully saturated rings. The molecule has 1 heterocycles. The highest BCUT2D eigenvalue weighted by Crippen LogP contribution is 2.24. The lowest BCUT2D eigenvalue weighted by Crippen LogP contribution is -2.13. The molecule has 7 heteroatoms. The van der Waals surface area contributed by atoms with E-state index in [-0.39, 0.29) is 24.5 Å². The van der Waals surface area contributed by atoms with Crippen molar-refractivity contribution in [2.24, 2.45) is 5.73 Å². The van der Waals surface area contributed by atoms with Crippen molar-refractivity contribution < 1.29 is 22.7 Å². The minimum atomic E-state index is -0.704. The van der Waals surface area contributed by atoms with Crippen molar-refractivity contribution in [1.29, 1.82) is 0 Å². The summed E-state index contributed by atoms with van der Waals surface area (Å²) >= 11 is 0. The lowest BCUT2D eigenvalue weighted by Gasteiger charge is -2.05. The summed E-state index contributed by atoms with van der Waals surface area (Å²) in [6.07, 6.45) is 0.163. The highest BCUT2D eigenvalue weighted by Gasteiger charge is 2.14. The zero-order valence-corrected chi connectivity index (χ0v) is 14.0. The molecule has 0 aliphatic carbocycles. The molecule has 2 N–H and O–H groups in total. The van der Waals surface area contributed by atoms with Gasteiger partial charge in [0.25, 0.3) is 0 Å².